The van der Waals surface area contributed by atoms with E-state index in [1.165, 1.54) is 26.0 Å². The first-order valence-corrected chi connectivity index (χ1v) is 21.0. The Balaban J connectivity index is 2.13. The summed E-state index contributed by atoms with van der Waals surface area (Å²) in [7, 11) is -4.41. The zero-order valence-corrected chi connectivity index (χ0v) is 29.6. The highest BCUT2D eigenvalue weighted by Crippen LogP contribution is 2.65. The predicted molar refractivity (Wildman–Crippen MR) is 164 cm³/mol. The molecule has 2 aromatic heterocycles. The molecule has 12 heteroatoms. The quantitative estimate of drug-likeness (QED) is 0.208. The first-order chi connectivity index (χ1) is 18.2. The van der Waals surface area contributed by atoms with Crippen molar-refractivity contribution >= 4 is 50.5 Å². The van der Waals surface area contributed by atoms with Gasteiger partial charge in [0.1, 0.15) is 0 Å². The monoisotopic (exact) mass is 656 g/mol. The van der Waals surface area contributed by atoms with E-state index in [1.54, 1.807) is 0 Å². The minimum absolute atomic E-state index is 0.0926. The summed E-state index contributed by atoms with van der Waals surface area (Å²) in [5, 5.41) is -0.216. The summed E-state index contributed by atoms with van der Waals surface area (Å²) in [6.45, 7) is 23.6. The molecule has 0 spiro atoms. The lowest BCUT2D eigenvalue weighted by molar-refractivity contribution is -0.254. The van der Waals surface area contributed by atoms with Crippen LogP contribution >= 0.6 is 22.7 Å². The lowest BCUT2D eigenvalue weighted by Gasteiger charge is -2.36. The van der Waals surface area contributed by atoms with Gasteiger partial charge in [-0.3, -0.25) is 0 Å². The molecule has 0 saturated heterocycles. The van der Waals surface area contributed by atoms with Gasteiger partial charge in [0.15, 0.2) is 16.6 Å². The summed E-state index contributed by atoms with van der Waals surface area (Å²) in [4.78, 5) is 1.56. The number of hydrogen-bond acceptors (Lipinski definition) is 4. The molecule has 0 atom stereocenters. The van der Waals surface area contributed by atoms with E-state index in [0.717, 1.165) is 22.7 Å². The molecule has 0 N–H and O–H groups in total. The van der Waals surface area contributed by atoms with Crippen LogP contribution in [-0.4, -0.2) is 34.4 Å². The Morgan fingerprint density at radius 1 is 0.634 bits per heavy atom. The zero-order chi connectivity index (χ0) is 31.8. The number of hydrogen-bond donors (Lipinski definition) is 0. The van der Waals surface area contributed by atoms with Crippen molar-refractivity contribution in [1.29, 1.82) is 0 Å². The number of allylic oxidation sites excluding steroid dienone is 2. The molecule has 1 aliphatic carbocycles. The van der Waals surface area contributed by atoms with Crippen LogP contribution < -0.4 is 0 Å². The van der Waals surface area contributed by atoms with Crippen molar-refractivity contribution in [2.45, 2.75) is 123 Å². The highest BCUT2D eigenvalue weighted by Gasteiger charge is 2.80. The van der Waals surface area contributed by atoms with Gasteiger partial charge in [0.05, 0.1) is 13.2 Å². The third-order valence-corrected chi connectivity index (χ3v) is 19.9. The normalized spacial score (nSPS) is 19.4. The Morgan fingerprint density at radius 3 is 1.20 bits per heavy atom. The number of aryl methyl sites for hydroxylation is 2. The lowest BCUT2D eigenvalue weighted by Crippen LogP contribution is -2.48. The van der Waals surface area contributed by atoms with Gasteiger partial charge in [0, 0.05) is 30.7 Å². The summed E-state index contributed by atoms with van der Waals surface area (Å²) in [5.41, 5.74) is -3.19. The number of alkyl halides is 6. The standard InChI is InChI=1S/C29H42F6O2S2Si2/c1-17-21(13-19(38-17)15-36-40(9,10)25(3,4)5)23-24(28(32,33)29(34,35)27(23,30)31)22-14-20(39-18(22)2)16-37-41(11,12)26(6,7)8/h13-14H,15-16H2,1-12H3. The van der Waals surface area contributed by atoms with Gasteiger partial charge in [-0.05, 0) is 73.4 Å². The van der Waals surface area contributed by atoms with Crippen LogP contribution in [0.5, 0.6) is 0 Å². The first-order valence-electron chi connectivity index (χ1n) is 13.5. The molecule has 41 heavy (non-hydrogen) atoms. The zero-order valence-electron chi connectivity index (χ0n) is 26.0. The Labute approximate surface area is 250 Å². The van der Waals surface area contributed by atoms with E-state index in [0.29, 0.717) is 9.75 Å². The average Bonchev–Trinajstić information content (AvgIpc) is 3.36. The van der Waals surface area contributed by atoms with Crippen molar-refractivity contribution in [3.8, 4) is 0 Å². The van der Waals surface area contributed by atoms with Crippen molar-refractivity contribution in [3.63, 3.8) is 0 Å². The maximum absolute atomic E-state index is 15.5. The van der Waals surface area contributed by atoms with E-state index in [2.05, 4.69) is 41.5 Å². The van der Waals surface area contributed by atoms with Gasteiger partial charge in [-0.15, -0.1) is 22.7 Å². The predicted octanol–water partition coefficient (Wildman–Crippen LogP) is 11.3. The van der Waals surface area contributed by atoms with Gasteiger partial charge < -0.3 is 8.85 Å². The molecule has 0 saturated carbocycles. The molecule has 232 valence electrons. The smallest absolute Gasteiger partial charge is 0.380 e. The highest BCUT2D eigenvalue weighted by atomic mass is 32.1. The fraction of sp³-hybridized carbons (Fsp3) is 0.655. The summed E-state index contributed by atoms with van der Waals surface area (Å²) in [6.07, 6.45) is 0. The minimum atomic E-state index is -5.59. The molecule has 3 rings (SSSR count). The molecule has 0 unspecified atom stereocenters. The Morgan fingerprint density at radius 2 is 0.927 bits per heavy atom. The molecular formula is C29H42F6O2S2Si2. The molecule has 0 aliphatic heterocycles. The summed E-state index contributed by atoms with van der Waals surface area (Å²) >= 11 is 2.20. The topological polar surface area (TPSA) is 18.5 Å². The van der Waals surface area contributed by atoms with Gasteiger partial charge in [-0.2, -0.15) is 26.3 Å². The molecule has 0 fully saturated rings. The molecular weight excluding hydrogens is 615 g/mol. The van der Waals surface area contributed by atoms with E-state index in [4.69, 9.17) is 8.85 Å². The third-order valence-electron chi connectivity index (χ3n) is 8.91. The van der Waals surface area contributed by atoms with Crippen LogP contribution in [0.4, 0.5) is 26.3 Å². The summed E-state index contributed by atoms with van der Waals surface area (Å²) in [6, 6.07) is 2.63. The molecule has 0 radical (unpaired) electrons. The van der Waals surface area contributed by atoms with Crippen LogP contribution in [-0.2, 0) is 22.1 Å². The van der Waals surface area contributed by atoms with E-state index in [-0.39, 0.29) is 44.2 Å². The van der Waals surface area contributed by atoms with E-state index >= 15 is 17.6 Å². The second kappa shape index (κ2) is 10.6. The van der Waals surface area contributed by atoms with Crippen LogP contribution in [0.15, 0.2) is 12.1 Å². The van der Waals surface area contributed by atoms with Crippen LogP contribution in [0, 0.1) is 13.8 Å². The third kappa shape index (κ3) is 5.94. The molecule has 2 aromatic rings. The van der Waals surface area contributed by atoms with Crippen molar-refractivity contribution < 1.29 is 35.2 Å². The van der Waals surface area contributed by atoms with Crippen molar-refractivity contribution in [2.24, 2.45) is 0 Å². The lowest BCUT2D eigenvalue weighted by atomic mass is 9.95. The SMILES string of the molecule is Cc1sc(CO[Si](C)(C)C(C)(C)C)cc1C1=C(c2cc(CO[Si](C)(C)C(C)(C)C)sc2C)C(F)(F)C(F)(F)C1(F)F. The van der Waals surface area contributed by atoms with Crippen LogP contribution in [0.3, 0.4) is 0 Å². The number of thiophene rings is 2. The minimum Gasteiger partial charge on any atom is -0.412 e. The van der Waals surface area contributed by atoms with Gasteiger partial charge in [0.25, 0.3) is 0 Å². The van der Waals surface area contributed by atoms with E-state index in [1.807, 2.05) is 26.2 Å². The largest absolute Gasteiger partial charge is 0.412 e. The molecule has 0 bridgehead atoms. The van der Waals surface area contributed by atoms with Crippen LogP contribution in [0.25, 0.3) is 11.1 Å². The van der Waals surface area contributed by atoms with Gasteiger partial charge in [-0.25, -0.2) is 0 Å². The number of halogens is 6. The molecule has 0 aromatic carbocycles. The molecule has 1 aliphatic rings. The second-order valence-corrected chi connectivity index (χ2v) is 26.2. The number of rotatable bonds is 8. The molecule has 2 nitrogen and oxygen atoms in total. The first kappa shape index (κ1) is 34.6. The van der Waals surface area contributed by atoms with Crippen molar-refractivity contribution in [2.75, 3.05) is 0 Å². The average molecular weight is 657 g/mol. The van der Waals surface area contributed by atoms with Crippen LogP contribution in [0.2, 0.25) is 36.3 Å². The highest BCUT2D eigenvalue weighted by molar-refractivity contribution is 7.12. The van der Waals surface area contributed by atoms with Gasteiger partial charge in [0.2, 0.25) is 0 Å². The van der Waals surface area contributed by atoms with Crippen LogP contribution in [0.1, 0.15) is 72.2 Å². The van der Waals surface area contributed by atoms with Gasteiger partial charge >= 0.3 is 17.8 Å². The maximum Gasteiger partial charge on any atom is 0.380 e. The fourth-order valence-electron chi connectivity index (χ4n) is 4.09. The summed E-state index contributed by atoms with van der Waals surface area (Å²) < 4.78 is 104. The van der Waals surface area contributed by atoms with Crippen molar-refractivity contribution in [1.82, 2.24) is 0 Å². The molecule has 0 amide bonds. The summed E-state index contributed by atoms with van der Waals surface area (Å²) in [5.74, 6) is -15.8. The maximum atomic E-state index is 15.5. The Bertz CT molecular complexity index is 1230. The van der Waals surface area contributed by atoms with Crippen molar-refractivity contribution in [3.05, 3.63) is 42.8 Å². The van der Waals surface area contributed by atoms with E-state index in [9.17, 15) is 8.78 Å². The van der Waals surface area contributed by atoms with E-state index < -0.39 is 45.5 Å². The molecule has 2 heterocycles. The fourth-order valence-corrected chi connectivity index (χ4v) is 8.12. The van der Waals surface area contributed by atoms with Gasteiger partial charge in [-0.1, -0.05) is 41.5 Å². The second-order valence-electron chi connectivity index (χ2n) is 13.9. The Kier molecular flexibility index (Phi) is 8.94. The Hall–Kier alpha value is -0.926.